The van der Waals surface area contributed by atoms with E-state index < -0.39 is 0 Å². The van der Waals surface area contributed by atoms with E-state index >= 15 is 0 Å². The van der Waals surface area contributed by atoms with Gasteiger partial charge < -0.3 is 5.11 Å². The Kier molecular flexibility index (Phi) is 2.11. The fourth-order valence-corrected chi connectivity index (χ4v) is 1.68. The van der Waals surface area contributed by atoms with Gasteiger partial charge in [0.2, 0.25) is 0 Å². The average molecular weight is 187 g/mol. The molecule has 2 fully saturated rings. The average Bonchev–Trinajstić information content (AvgIpc) is 2.15. The number of hydrogen-bond acceptors (Lipinski definition) is 1. The van der Waals surface area contributed by atoms with Gasteiger partial charge in [0.05, 0.1) is 6.10 Å². The van der Waals surface area contributed by atoms with Gasteiger partial charge in [-0.2, -0.15) is 0 Å². The minimum atomic E-state index is 0. The van der Waals surface area contributed by atoms with Crippen molar-refractivity contribution in [2.45, 2.75) is 25.4 Å². The molecule has 0 spiro atoms. The van der Waals surface area contributed by atoms with Gasteiger partial charge in [-0.3, -0.25) is 0 Å². The smallest absolute Gasteiger partial charge is 0.0545 e. The molecule has 2 aliphatic carbocycles. The van der Waals surface area contributed by atoms with Crippen molar-refractivity contribution in [1.82, 2.24) is 0 Å². The van der Waals surface area contributed by atoms with Crippen LogP contribution in [0.15, 0.2) is 0 Å². The van der Waals surface area contributed by atoms with Gasteiger partial charge in [0, 0.05) is 32.7 Å². The zero-order chi connectivity index (χ0) is 4.85. The summed E-state index contributed by atoms with van der Waals surface area (Å²) >= 11 is 0. The van der Waals surface area contributed by atoms with Crippen LogP contribution in [0.4, 0.5) is 0 Å². The molecule has 0 aromatic carbocycles. The van der Waals surface area contributed by atoms with Crippen LogP contribution in [-0.4, -0.2) is 11.2 Å². The summed E-state index contributed by atoms with van der Waals surface area (Å²) in [5.41, 5.74) is 0. The zero-order valence-electron chi connectivity index (χ0n) is 4.88. The van der Waals surface area contributed by atoms with Gasteiger partial charge >= 0.3 is 0 Å². The van der Waals surface area contributed by atoms with Crippen molar-refractivity contribution < 1.29 is 37.8 Å². The van der Waals surface area contributed by atoms with Gasteiger partial charge in [0.25, 0.3) is 0 Å². The molecular weight excluding hydrogens is 177 g/mol. The van der Waals surface area contributed by atoms with Crippen LogP contribution in [0, 0.1) is 11.8 Å². The molecule has 0 aromatic heterocycles. The van der Waals surface area contributed by atoms with Crippen LogP contribution in [0.2, 0.25) is 0 Å². The van der Waals surface area contributed by atoms with Crippen molar-refractivity contribution in [3.8, 4) is 0 Å². The monoisotopic (exact) mass is 187 g/mol. The van der Waals surface area contributed by atoms with E-state index in [1.54, 1.807) is 0 Å². The molecule has 43 valence electrons. The van der Waals surface area contributed by atoms with Crippen LogP contribution in [0.1, 0.15) is 19.3 Å². The normalized spacial score (nSPS) is 49.9. The summed E-state index contributed by atoms with van der Waals surface area (Å²) in [5, 5.41) is 8.93. The second kappa shape index (κ2) is 2.36. The van der Waals surface area contributed by atoms with Gasteiger partial charge in [-0.1, -0.05) is 0 Å². The van der Waals surface area contributed by atoms with Crippen molar-refractivity contribution >= 4 is 0 Å². The fourth-order valence-electron chi connectivity index (χ4n) is 1.68. The molecule has 0 saturated heterocycles. The van der Waals surface area contributed by atoms with E-state index in [0.29, 0.717) is 0 Å². The van der Waals surface area contributed by atoms with E-state index in [9.17, 15) is 0 Å². The van der Waals surface area contributed by atoms with E-state index in [0.717, 1.165) is 24.7 Å². The third kappa shape index (κ3) is 1.14. The quantitative estimate of drug-likeness (QED) is 0.593. The predicted molar refractivity (Wildman–Crippen MR) is 26.8 cm³/mol. The summed E-state index contributed by atoms with van der Waals surface area (Å²) < 4.78 is 0. The third-order valence-corrected chi connectivity index (χ3v) is 2.22. The SMILES string of the molecule is OC1CC2CC2C1.[Y]. The first kappa shape index (κ1) is 7.17. The number of hydrogen-bond donors (Lipinski definition) is 1. The molecule has 0 aliphatic heterocycles. The summed E-state index contributed by atoms with van der Waals surface area (Å²) in [6.07, 6.45) is 3.69. The Morgan fingerprint density at radius 3 is 1.75 bits per heavy atom. The Bertz CT molecular complexity index is 84.5. The van der Waals surface area contributed by atoms with Gasteiger partial charge in [-0.25, -0.2) is 0 Å². The molecular formula is C6H10OY. The van der Waals surface area contributed by atoms with E-state index in [4.69, 9.17) is 5.11 Å². The molecule has 2 atom stereocenters. The molecule has 0 aromatic rings. The largest absolute Gasteiger partial charge is 0.393 e. The first-order chi connectivity index (χ1) is 3.36. The molecule has 1 radical (unpaired) electrons. The minimum Gasteiger partial charge on any atom is -0.393 e. The molecule has 2 unspecified atom stereocenters. The molecule has 8 heavy (non-hydrogen) atoms. The number of aliphatic hydroxyl groups is 1. The molecule has 0 heterocycles. The molecule has 2 saturated carbocycles. The Morgan fingerprint density at radius 2 is 1.50 bits per heavy atom. The van der Waals surface area contributed by atoms with Crippen LogP contribution >= 0.6 is 0 Å². The maximum Gasteiger partial charge on any atom is 0.0545 e. The Balaban J connectivity index is 0.000000320. The molecule has 1 N–H and O–H groups in total. The molecule has 2 rings (SSSR count). The van der Waals surface area contributed by atoms with Gasteiger partial charge in [0.1, 0.15) is 0 Å². The fraction of sp³-hybridized carbons (Fsp3) is 1.00. The van der Waals surface area contributed by atoms with E-state index in [2.05, 4.69) is 0 Å². The molecule has 0 amide bonds. The molecule has 0 bridgehead atoms. The first-order valence-corrected chi connectivity index (χ1v) is 3.04. The second-order valence-corrected chi connectivity index (χ2v) is 2.88. The number of rotatable bonds is 0. The maximum absolute atomic E-state index is 8.93. The van der Waals surface area contributed by atoms with Gasteiger partial charge in [-0.15, -0.1) is 0 Å². The Labute approximate surface area is 74.7 Å². The van der Waals surface area contributed by atoms with Crippen molar-refractivity contribution in [2.24, 2.45) is 11.8 Å². The summed E-state index contributed by atoms with van der Waals surface area (Å²) in [7, 11) is 0. The van der Waals surface area contributed by atoms with Crippen LogP contribution in [0.3, 0.4) is 0 Å². The third-order valence-electron chi connectivity index (χ3n) is 2.22. The molecule has 1 nitrogen and oxygen atoms in total. The summed E-state index contributed by atoms with van der Waals surface area (Å²) in [5.74, 6) is 1.88. The maximum atomic E-state index is 8.93. The van der Waals surface area contributed by atoms with Crippen molar-refractivity contribution in [3.05, 3.63) is 0 Å². The Hall–Kier alpha value is 1.06. The summed E-state index contributed by atoms with van der Waals surface area (Å²) in [4.78, 5) is 0. The topological polar surface area (TPSA) is 20.2 Å². The molecule has 2 heteroatoms. The minimum absolute atomic E-state index is 0. The van der Waals surface area contributed by atoms with Crippen LogP contribution in [-0.2, 0) is 32.7 Å². The van der Waals surface area contributed by atoms with Gasteiger partial charge in [-0.05, 0) is 31.1 Å². The first-order valence-electron chi connectivity index (χ1n) is 3.04. The standard InChI is InChI=1S/C6H10O.Y/c7-6-2-4-1-5(4)3-6;/h4-7H,1-3H2;. The molecule has 2 aliphatic rings. The van der Waals surface area contributed by atoms with Crippen molar-refractivity contribution in [1.29, 1.82) is 0 Å². The number of aliphatic hydroxyl groups excluding tert-OH is 1. The van der Waals surface area contributed by atoms with Crippen LogP contribution in [0.5, 0.6) is 0 Å². The predicted octanol–water partition coefficient (Wildman–Crippen LogP) is 0.775. The van der Waals surface area contributed by atoms with Crippen molar-refractivity contribution in [2.75, 3.05) is 0 Å². The van der Waals surface area contributed by atoms with E-state index in [-0.39, 0.29) is 38.8 Å². The van der Waals surface area contributed by atoms with Crippen LogP contribution < -0.4 is 0 Å². The second-order valence-electron chi connectivity index (χ2n) is 2.88. The zero-order valence-corrected chi connectivity index (χ0v) is 7.72. The van der Waals surface area contributed by atoms with Gasteiger partial charge in [0.15, 0.2) is 0 Å². The van der Waals surface area contributed by atoms with E-state index in [1.807, 2.05) is 0 Å². The Morgan fingerprint density at radius 1 is 1.00 bits per heavy atom. The number of fused-ring (bicyclic) bond motifs is 1. The van der Waals surface area contributed by atoms with E-state index in [1.165, 1.54) is 6.42 Å². The summed E-state index contributed by atoms with van der Waals surface area (Å²) in [6.45, 7) is 0. The van der Waals surface area contributed by atoms with Crippen LogP contribution in [0.25, 0.3) is 0 Å². The van der Waals surface area contributed by atoms with Crippen molar-refractivity contribution in [3.63, 3.8) is 0 Å². The summed E-state index contributed by atoms with van der Waals surface area (Å²) in [6, 6.07) is 0.